The Kier molecular flexibility index (Phi) is 6.50. The van der Waals surface area contributed by atoms with Crippen LogP contribution in [0.1, 0.15) is 11.1 Å². The molecule has 0 aliphatic heterocycles. The van der Waals surface area contributed by atoms with Gasteiger partial charge in [-0.1, -0.05) is 54.6 Å². The number of likely N-dealkylation sites (N-methyl/N-ethyl adjacent to an activating group) is 1. The van der Waals surface area contributed by atoms with Crippen molar-refractivity contribution in [3.05, 3.63) is 77.9 Å². The van der Waals surface area contributed by atoms with Crippen LogP contribution < -0.4 is 4.90 Å². The molecule has 150 valence electrons. The number of rotatable bonds is 7. The molecule has 0 radical (unpaired) electrons. The second-order valence-electron chi connectivity index (χ2n) is 7.29. The van der Waals surface area contributed by atoms with Crippen molar-refractivity contribution >= 4 is 28.3 Å². The number of nitrogens with zero attached hydrogens (tertiary/aromatic N) is 2. The minimum atomic E-state index is -0.404. The lowest BCUT2D eigenvalue weighted by Crippen LogP contribution is -2.31. The lowest BCUT2D eigenvalue weighted by atomic mass is 10.0. The van der Waals surface area contributed by atoms with Gasteiger partial charge in [0.2, 0.25) is 0 Å². The van der Waals surface area contributed by atoms with Crippen molar-refractivity contribution < 1.29 is 14.3 Å². The van der Waals surface area contributed by atoms with Crippen LogP contribution in [0.5, 0.6) is 0 Å². The maximum Gasteiger partial charge on any atom is 0.310 e. The summed E-state index contributed by atoms with van der Waals surface area (Å²) in [5.74, 6) is -0.633. The van der Waals surface area contributed by atoms with Crippen molar-refractivity contribution in [1.29, 1.82) is 0 Å². The van der Waals surface area contributed by atoms with E-state index in [-0.39, 0.29) is 18.9 Å². The first-order valence-electron chi connectivity index (χ1n) is 9.56. The third kappa shape index (κ3) is 5.35. The van der Waals surface area contributed by atoms with Crippen LogP contribution in [0.25, 0.3) is 10.8 Å². The standard InChI is InChI=1S/C24H26N2O3/c1-25(2)21-13-11-18(12-14-21)16-26(3)23(27)17-29-24(28)15-20-9-6-8-19-7-4-5-10-22(19)20/h4-14H,15-17H2,1-3H3. The van der Waals surface area contributed by atoms with E-state index in [0.717, 1.165) is 27.6 Å². The van der Waals surface area contributed by atoms with Crippen molar-refractivity contribution in [2.45, 2.75) is 13.0 Å². The first-order chi connectivity index (χ1) is 13.9. The zero-order valence-electron chi connectivity index (χ0n) is 17.1. The highest BCUT2D eigenvalue weighted by atomic mass is 16.5. The molecular weight excluding hydrogens is 364 g/mol. The van der Waals surface area contributed by atoms with E-state index in [1.807, 2.05) is 85.7 Å². The third-order valence-corrected chi connectivity index (χ3v) is 4.87. The van der Waals surface area contributed by atoms with E-state index in [4.69, 9.17) is 4.74 Å². The van der Waals surface area contributed by atoms with E-state index in [9.17, 15) is 9.59 Å². The molecule has 0 spiro atoms. The lowest BCUT2D eigenvalue weighted by Gasteiger charge is -2.18. The van der Waals surface area contributed by atoms with Gasteiger partial charge in [-0.05, 0) is 34.0 Å². The van der Waals surface area contributed by atoms with Gasteiger partial charge in [0.05, 0.1) is 6.42 Å². The zero-order valence-corrected chi connectivity index (χ0v) is 17.1. The van der Waals surface area contributed by atoms with Crippen LogP contribution in [0.15, 0.2) is 66.7 Å². The van der Waals surface area contributed by atoms with Crippen LogP contribution in [0.2, 0.25) is 0 Å². The first-order valence-corrected chi connectivity index (χ1v) is 9.56. The molecule has 5 heteroatoms. The molecule has 0 aliphatic rings. The number of hydrogen-bond acceptors (Lipinski definition) is 4. The average molecular weight is 390 g/mol. The summed E-state index contributed by atoms with van der Waals surface area (Å²) in [5.41, 5.74) is 3.02. The van der Waals surface area contributed by atoms with Gasteiger partial charge in [-0.3, -0.25) is 9.59 Å². The summed E-state index contributed by atoms with van der Waals surface area (Å²) < 4.78 is 5.23. The molecule has 5 nitrogen and oxygen atoms in total. The van der Waals surface area contributed by atoms with Gasteiger partial charge in [0.1, 0.15) is 0 Å². The number of benzene rings is 3. The van der Waals surface area contributed by atoms with E-state index < -0.39 is 5.97 Å². The summed E-state index contributed by atoms with van der Waals surface area (Å²) in [6.07, 6.45) is 0.143. The molecule has 3 rings (SSSR count). The number of carbonyl (C=O) groups excluding carboxylic acids is 2. The summed E-state index contributed by atoms with van der Waals surface area (Å²) >= 11 is 0. The molecule has 0 fully saturated rings. The second-order valence-corrected chi connectivity index (χ2v) is 7.29. The van der Waals surface area contributed by atoms with Crippen molar-refractivity contribution in [1.82, 2.24) is 4.90 Å². The molecule has 3 aromatic rings. The van der Waals surface area contributed by atoms with Gasteiger partial charge in [0.15, 0.2) is 6.61 Å². The molecule has 0 saturated heterocycles. The topological polar surface area (TPSA) is 49.9 Å². The number of carbonyl (C=O) groups is 2. The highest BCUT2D eigenvalue weighted by Gasteiger charge is 2.14. The molecule has 0 atom stereocenters. The Morgan fingerprint density at radius 2 is 1.55 bits per heavy atom. The number of anilines is 1. The Bertz CT molecular complexity index is 991. The third-order valence-electron chi connectivity index (χ3n) is 4.87. The Hall–Kier alpha value is -3.34. The summed E-state index contributed by atoms with van der Waals surface area (Å²) in [6, 6.07) is 21.8. The smallest absolute Gasteiger partial charge is 0.310 e. The number of fused-ring (bicyclic) bond motifs is 1. The summed E-state index contributed by atoms with van der Waals surface area (Å²) in [5, 5.41) is 2.10. The number of amides is 1. The SMILES string of the molecule is CN(Cc1ccc(N(C)C)cc1)C(=O)COC(=O)Cc1cccc2ccccc12. The van der Waals surface area contributed by atoms with Crippen molar-refractivity contribution in [3.63, 3.8) is 0 Å². The predicted molar refractivity (Wildman–Crippen MR) is 116 cm³/mol. The fourth-order valence-electron chi connectivity index (χ4n) is 3.17. The average Bonchev–Trinajstić information content (AvgIpc) is 2.72. The predicted octanol–water partition coefficient (Wildman–Crippen LogP) is 3.65. The van der Waals surface area contributed by atoms with Crippen molar-refractivity contribution in [2.24, 2.45) is 0 Å². The monoisotopic (exact) mass is 390 g/mol. The van der Waals surface area contributed by atoms with Crippen molar-refractivity contribution in [2.75, 3.05) is 32.6 Å². The summed E-state index contributed by atoms with van der Waals surface area (Å²) in [4.78, 5) is 28.2. The number of esters is 1. The second kappa shape index (κ2) is 9.24. The maximum absolute atomic E-state index is 12.3. The van der Waals surface area contributed by atoms with Gasteiger partial charge in [0.25, 0.3) is 5.91 Å². The van der Waals surface area contributed by atoms with E-state index in [2.05, 4.69) is 0 Å². The largest absolute Gasteiger partial charge is 0.455 e. The van der Waals surface area contributed by atoms with Crippen molar-refractivity contribution in [3.8, 4) is 0 Å². The lowest BCUT2D eigenvalue weighted by molar-refractivity contribution is -0.151. The molecule has 0 saturated carbocycles. The zero-order chi connectivity index (χ0) is 20.8. The number of ether oxygens (including phenoxy) is 1. The highest BCUT2D eigenvalue weighted by Crippen LogP contribution is 2.19. The van der Waals surface area contributed by atoms with Gasteiger partial charge < -0.3 is 14.5 Å². The van der Waals surface area contributed by atoms with Gasteiger partial charge >= 0.3 is 5.97 Å². The summed E-state index contributed by atoms with van der Waals surface area (Å²) in [6.45, 7) is 0.212. The molecule has 29 heavy (non-hydrogen) atoms. The molecule has 1 amide bonds. The highest BCUT2D eigenvalue weighted by molar-refractivity contribution is 5.89. The quantitative estimate of drug-likeness (QED) is 0.578. The fraction of sp³-hybridized carbons (Fsp3) is 0.250. The molecule has 0 unspecified atom stereocenters. The van der Waals surface area contributed by atoms with Crippen LogP contribution in [0, 0.1) is 0 Å². The minimum Gasteiger partial charge on any atom is -0.455 e. The Morgan fingerprint density at radius 1 is 0.862 bits per heavy atom. The van der Waals surface area contributed by atoms with Crippen LogP contribution in [-0.2, 0) is 27.3 Å². The number of hydrogen-bond donors (Lipinski definition) is 0. The minimum absolute atomic E-state index is 0.143. The molecule has 0 aliphatic carbocycles. The van der Waals surface area contributed by atoms with Gasteiger partial charge in [-0.2, -0.15) is 0 Å². The van der Waals surface area contributed by atoms with E-state index in [1.165, 1.54) is 0 Å². The molecule has 0 bridgehead atoms. The summed E-state index contributed by atoms with van der Waals surface area (Å²) in [7, 11) is 5.68. The van der Waals surface area contributed by atoms with E-state index in [1.54, 1.807) is 11.9 Å². The Balaban J connectivity index is 1.52. The molecule has 0 aromatic heterocycles. The molecule has 3 aromatic carbocycles. The Morgan fingerprint density at radius 3 is 2.28 bits per heavy atom. The van der Waals surface area contributed by atoms with E-state index in [0.29, 0.717) is 6.54 Å². The van der Waals surface area contributed by atoms with Gasteiger partial charge in [-0.25, -0.2) is 0 Å². The van der Waals surface area contributed by atoms with Gasteiger partial charge in [0, 0.05) is 33.4 Å². The van der Waals surface area contributed by atoms with Crippen LogP contribution in [0.4, 0.5) is 5.69 Å². The van der Waals surface area contributed by atoms with Gasteiger partial charge in [-0.15, -0.1) is 0 Å². The normalized spacial score (nSPS) is 10.6. The van der Waals surface area contributed by atoms with E-state index >= 15 is 0 Å². The Labute approximate surface area is 171 Å². The maximum atomic E-state index is 12.3. The molecular formula is C24H26N2O3. The first kappa shape index (κ1) is 20.4. The molecule has 0 heterocycles. The molecule has 0 N–H and O–H groups in total. The van der Waals surface area contributed by atoms with Crippen LogP contribution in [0.3, 0.4) is 0 Å². The fourth-order valence-corrected chi connectivity index (χ4v) is 3.17. The van der Waals surface area contributed by atoms with Crippen LogP contribution >= 0.6 is 0 Å². The van der Waals surface area contributed by atoms with Crippen LogP contribution in [-0.4, -0.2) is 44.5 Å².